The maximum atomic E-state index is 11.5. The van der Waals surface area contributed by atoms with Gasteiger partial charge in [0.25, 0.3) is 0 Å². The van der Waals surface area contributed by atoms with Gasteiger partial charge in [0, 0.05) is 6.42 Å². The zero-order valence-corrected chi connectivity index (χ0v) is 12.5. The summed E-state index contributed by atoms with van der Waals surface area (Å²) in [7, 11) is 3.97. The number of unbranched alkanes of at least 4 members (excludes halogenated alkanes) is 3. The SMILES string of the molecule is COC(=O)CCCCCCC(CC(=O)OC)C(=O)OC. The van der Waals surface area contributed by atoms with Crippen molar-refractivity contribution in [2.45, 2.75) is 44.9 Å². The fourth-order valence-corrected chi connectivity index (χ4v) is 1.87. The number of hydrogen-bond donors (Lipinski definition) is 0. The third kappa shape index (κ3) is 8.50. The van der Waals surface area contributed by atoms with Crippen LogP contribution in [0, 0.1) is 5.92 Å². The second-order valence-corrected chi connectivity index (χ2v) is 4.53. The van der Waals surface area contributed by atoms with Crippen molar-refractivity contribution >= 4 is 17.9 Å². The highest BCUT2D eigenvalue weighted by Gasteiger charge is 2.22. The lowest BCUT2D eigenvalue weighted by atomic mass is 9.97. The van der Waals surface area contributed by atoms with Gasteiger partial charge in [-0.15, -0.1) is 0 Å². The van der Waals surface area contributed by atoms with Crippen LogP contribution in [0.4, 0.5) is 0 Å². The minimum atomic E-state index is -0.451. The molecule has 20 heavy (non-hydrogen) atoms. The Morgan fingerprint density at radius 3 is 1.95 bits per heavy atom. The second kappa shape index (κ2) is 11.3. The number of hydrogen-bond acceptors (Lipinski definition) is 6. The van der Waals surface area contributed by atoms with E-state index in [1.54, 1.807) is 0 Å². The standard InChI is InChI=1S/C14H24O6/c1-18-12(15)9-7-5-4-6-8-11(14(17)20-3)10-13(16)19-2/h11H,4-10H2,1-3H3. The van der Waals surface area contributed by atoms with Crippen molar-refractivity contribution in [2.24, 2.45) is 5.92 Å². The Hall–Kier alpha value is -1.59. The van der Waals surface area contributed by atoms with Gasteiger partial charge in [0.15, 0.2) is 0 Å². The maximum Gasteiger partial charge on any atom is 0.309 e. The molecule has 6 heteroatoms. The van der Waals surface area contributed by atoms with Gasteiger partial charge >= 0.3 is 17.9 Å². The quantitative estimate of drug-likeness (QED) is 0.347. The number of methoxy groups -OCH3 is 3. The molecule has 0 saturated heterocycles. The molecule has 0 rings (SSSR count). The first-order valence-electron chi connectivity index (χ1n) is 6.76. The molecule has 0 aliphatic heterocycles. The summed E-state index contributed by atoms with van der Waals surface area (Å²) in [6.07, 6.45) is 4.40. The number of rotatable bonds is 10. The first kappa shape index (κ1) is 18.4. The Morgan fingerprint density at radius 1 is 0.800 bits per heavy atom. The molecule has 0 aliphatic rings. The number of carbonyl (C=O) groups is 3. The fourth-order valence-electron chi connectivity index (χ4n) is 1.87. The van der Waals surface area contributed by atoms with Crippen LogP contribution in [-0.4, -0.2) is 39.2 Å². The lowest BCUT2D eigenvalue weighted by molar-refractivity contribution is -0.152. The first-order valence-corrected chi connectivity index (χ1v) is 6.76. The van der Waals surface area contributed by atoms with Gasteiger partial charge < -0.3 is 14.2 Å². The van der Waals surface area contributed by atoms with Crippen molar-refractivity contribution in [1.29, 1.82) is 0 Å². The summed E-state index contributed by atoms with van der Waals surface area (Å²) < 4.78 is 13.8. The molecule has 0 aromatic rings. The van der Waals surface area contributed by atoms with Crippen molar-refractivity contribution in [3.05, 3.63) is 0 Å². The number of carbonyl (C=O) groups excluding carboxylic acids is 3. The van der Waals surface area contributed by atoms with Crippen LogP contribution in [0.2, 0.25) is 0 Å². The predicted molar refractivity (Wildman–Crippen MR) is 71.9 cm³/mol. The average Bonchev–Trinajstić information content (AvgIpc) is 2.47. The summed E-state index contributed by atoms with van der Waals surface area (Å²) in [5.41, 5.74) is 0. The highest BCUT2D eigenvalue weighted by molar-refractivity contribution is 5.79. The highest BCUT2D eigenvalue weighted by atomic mass is 16.5. The Kier molecular flexibility index (Phi) is 10.4. The molecule has 6 nitrogen and oxygen atoms in total. The van der Waals surface area contributed by atoms with Gasteiger partial charge in [0.2, 0.25) is 0 Å². The Labute approximate surface area is 119 Å². The summed E-state index contributed by atoms with van der Waals surface area (Å²) in [6, 6.07) is 0. The molecule has 0 spiro atoms. The van der Waals surface area contributed by atoms with Crippen LogP contribution < -0.4 is 0 Å². The molecule has 0 N–H and O–H groups in total. The molecule has 0 aromatic heterocycles. The molecule has 1 unspecified atom stereocenters. The van der Waals surface area contributed by atoms with E-state index < -0.39 is 11.9 Å². The molecule has 0 aromatic carbocycles. The van der Waals surface area contributed by atoms with E-state index >= 15 is 0 Å². The van der Waals surface area contributed by atoms with Gasteiger partial charge in [-0.1, -0.05) is 19.3 Å². The lowest BCUT2D eigenvalue weighted by Gasteiger charge is -2.13. The van der Waals surface area contributed by atoms with E-state index in [1.807, 2.05) is 0 Å². The Bertz CT molecular complexity index is 313. The van der Waals surface area contributed by atoms with Crippen molar-refractivity contribution in [2.75, 3.05) is 21.3 Å². The third-order valence-electron chi connectivity index (χ3n) is 3.09. The van der Waals surface area contributed by atoms with Gasteiger partial charge in [-0.2, -0.15) is 0 Å². The summed E-state index contributed by atoms with van der Waals surface area (Å²) in [6.45, 7) is 0. The summed E-state index contributed by atoms with van der Waals surface area (Å²) in [5.74, 6) is -1.45. The monoisotopic (exact) mass is 288 g/mol. The normalized spacial score (nSPS) is 11.6. The first-order chi connectivity index (χ1) is 9.54. The minimum absolute atomic E-state index is 0.0470. The molecule has 0 fully saturated rings. The molecule has 116 valence electrons. The smallest absolute Gasteiger partial charge is 0.309 e. The van der Waals surface area contributed by atoms with E-state index in [4.69, 9.17) is 0 Å². The Balaban J connectivity index is 3.87. The van der Waals surface area contributed by atoms with Crippen LogP contribution in [0.1, 0.15) is 44.9 Å². The average molecular weight is 288 g/mol. The largest absolute Gasteiger partial charge is 0.469 e. The van der Waals surface area contributed by atoms with Gasteiger partial charge in [-0.3, -0.25) is 14.4 Å². The van der Waals surface area contributed by atoms with Crippen molar-refractivity contribution in [3.8, 4) is 0 Å². The van der Waals surface area contributed by atoms with Crippen molar-refractivity contribution in [3.63, 3.8) is 0 Å². The van der Waals surface area contributed by atoms with E-state index in [9.17, 15) is 14.4 Å². The molecule has 0 radical (unpaired) electrons. The van der Waals surface area contributed by atoms with E-state index in [1.165, 1.54) is 21.3 Å². The molecule has 0 heterocycles. The van der Waals surface area contributed by atoms with Crippen LogP contribution >= 0.6 is 0 Å². The van der Waals surface area contributed by atoms with Gasteiger partial charge in [-0.25, -0.2) is 0 Å². The number of ether oxygens (including phenoxy) is 3. The molecular weight excluding hydrogens is 264 g/mol. The van der Waals surface area contributed by atoms with Crippen LogP contribution in [0.15, 0.2) is 0 Å². The maximum absolute atomic E-state index is 11.5. The van der Waals surface area contributed by atoms with Crippen molar-refractivity contribution < 1.29 is 28.6 Å². The molecular formula is C14H24O6. The number of esters is 3. The zero-order valence-electron chi connectivity index (χ0n) is 12.5. The van der Waals surface area contributed by atoms with Crippen molar-refractivity contribution in [1.82, 2.24) is 0 Å². The molecule has 0 aliphatic carbocycles. The molecule has 0 bridgehead atoms. The summed E-state index contributed by atoms with van der Waals surface area (Å²) >= 11 is 0. The Morgan fingerprint density at radius 2 is 1.40 bits per heavy atom. The zero-order chi connectivity index (χ0) is 15.4. The fraction of sp³-hybridized carbons (Fsp3) is 0.786. The third-order valence-corrected chi connectivity index (χ3v) is 3.09. The topological polar surface area (TPSA) is 78.9 Å². The highest BCUT2D eigenvalue weighted by Crippen LogP contribution is 2.17. The van der Waals surface area contributed by atoms with E-state index in [2.05, 4.69) is 14.2 Å². The summed E-state index contributed by atoms with van der Waals surface area (Å²) in [5, 5.41) is 0. The van der Waals surface area contributed by atoms with E-state index in [0.717, 1.165) is 25.7 Å². The lowest BCUT2D eigenvalue weighted by Crippen LogP contribution is -2.20. The van der Waals surface area contributed by atoms with Crippen LogP contribution in [0.3, 0.4) is 0 Å². The molecule has 0 amide bonds. The van der Waals surface area contributed by atoms with Crippen LogP contribution in [0.5, 0.6) is 0 Å². The van der Waals surface area contributed by atoms with Gasteiger partial charge in [-0.05, 0) is 12.8 Å². The van der Waals surface area contributed by atoms with Crippen LogP contribution in [-0.2, 0) is 28.6 Å². The van der Waals surface area contributed by atoms with E-state index in [-0.39, 0.29) is 18.4 Å². The van der Waals surface area contributed by atoms with Gasteiger partial charge in [0.1, 0.15) is 0 Å². The minimum Gasteiger partial charge on any atom is -0.469 e. The van der Waals surface area contributed by atoms with Gasteiger partial charge in [0.05, 0.1) is 33.7 Å². The molecule has 0 saturated carbocycles. The van der Waals surface area contributed by atoms with E-state index in [0.29, 0.717) is 12.8 Å². The predicted octanol–water partition coefficient (Wildman–Crippen LogP) is 1.85. The second-order valence-electron chi connectivity index (χ2n) is 4.53. The van der Waals surface area contributed by atoms with Crippen LogP contribution in [0.25, 0.3) is 0 Å². The molecule has 1 atom stereocenters. The summed E-state index contributed by atoms with van der Waals surface area (Å²) in [4.78, 5) is 33.6.